The van der Waals surface area contributed by atoms with Gasteiger partial charge in [0.25, 0.3) is 0 Å². The van der Waals surface area contributed by atoms with Crippen LogP contribution in [0, 0.1) is 11.8 Å². The zero-order valence-electron chi connectivity index (χ0n) is 11.9. The first-order valence-electron chi connectivity index (χ1n) is 6.93. The van der Waals surface area contributed by atoms with E-state index in [2.05, 4.69) is 6.92 Å². The smallest absolute Gasteiger partial charge is 0.325 e. The van der Waals surface area contributed by atoms with Crippen LogP contribution in [0.3, 0.4) is 0 Å². The van der Waals surface area contributed by atoms with Crippen molar-refractivity contribution < 1.29 is 14.3 Å². The number of esters is 1. The molecule has 0 bridgehead atoms. The van der Waals surface area contributed by atoms with Crippen LogP contribution in [0.1, 0.15) is 47.0 Å². The third-order valence-electron chi connectivity index (χ3n) is 3.69. The van der Waals surface area contributed by atoms with Gasteiger partial charge in [0, 0.05) is 12.0 Å². The fraction of sp³-hybridized carbons (Fsp3) is 0.857. The van der Waals surface area contributed by atoms with Crippen molar-refractivity contribution in [3.8, 4) is 0 Å². The first kappa shape index (κ1) is 15.0. The summed E-state index contributed by atoms with van der Waals surface area (Å²) in [6.45, 7) is 8.22. The van der Waals surface area contributed by atoms with E-state index in [1.807, 2.05) is 13.8 Å². The normalized spacial score (nSPS) is 23.2. The molecule has 0 saturated heterocycles. The highest BCUT2D eigenvalue weighted by Crippen LogP contribution is 2.32. The molecule has 0 spiro atoms. The van der Waals surface area contributed by atoms with Gasteiger partial charge in [0.1, 0.15) is 6.54 Å². The van der Waals surface area contributed by atoms with E-state index in [1.165, 1.54) is 0 Å². The Labute approximate surface area is 110 Å². The Hall–Kier alpha value is -1.06. The van der Waals surface area contributed by atoms with Gasteiger partial charge in [-0.15, -0.1) is 0 Å². The fourth-order valence-electron chi connectivity index (χ4n) is 2.59. The summed E-state index contributed by atoms with van der Waals surface area (Å²) in [5.41, 5.74) is 0. The van der Waals surface area contributed by atoms with Crippen molar-refractivity contribution in [2.24, 2.45) is 11.8 Å². The van der Waals surface area contributed by atoms with Gasteiger partial charge >= 0.3 is 5.97 Å². The first-order valence-corrected chi connectivity index (χ1v) is 6.93. The predicted molar refractivity (Wildman–Crippen MR) is 70.0 cm³/mol. The second-order valence-electron chi connectivity index (χ2n) is 5.38. The van der Waals surface area contributed by atoms with E-state index in [-0.39, 0.29) is 30.4 Å². The first-order chi connectivity index (χ1) is 8.47. The van der Waals surface area contributed by atoms with Crippen LogP contribution in [0.4, 0.5) is 0 Å². The molecule has 0 radical (unpaired) electrons. The number of hydrogen-bond donors (Lipinski definition) is 0. The lowest BCUT2D eigenvalue weighted by Gasteiger charge is -2.29. The lowest BCUT2D eigenvalue weighted by atomic mass is 9.96. The van der Waals surface area contributed by atoms with Crippen molar-refractivity contribution in [2.75, 3.05) is 13.2 Å². The summed E-state index contributed by atoms with van der Waals surface area (Å²) < 4.78 is 4.93. The van der Waals surface area contributed by atoms with Gasteiger partial charge in [-0.3, -0.25) is 9.59 Å². The van der Waals surface area contributed by atoms with Crippen molar-refractivity contribution in [3.63, 3.8) is 0 Å². The lowest BCUT2D eigenvalue weighted by Crippen LogP contribution is -2.44. The Bertz CT molecular complexity index is 301. The number of nitrogens with zero attached hydrogens (tertiary/aromatic N) is 1. The molecule has 1 aliphatic carbocycles. The van der Waals surface area contributed by atoms with Gasteiger partial charge in [-0.1, -0.05) is 13.3 Å². The van der Waals surface area contributed by atoms with E-state index >= 15 is 0 Å². The molecule has 0 aliphatic heterocycles. The van der Waals surface area contributed by atoms with Crippen molar-refractivity contribution >= 4 is 11.9 Å². The minimum atomic E-state index is -0.315. The fourth-order valence-corrected chi connectivity index (χ4v) is 2.59. The maximum absolute atomic E-state index is 12.5. The molecule has 1 amide bonds. The highest BCUT2D eigenvalue weighted by molar-refractivity contribution is 5.84. The van der Waals surface area contributed by atoms with Gasteiger partial charge in [0.05, 0.1) is 6.61 Å². The van der Waals surface area contributed by atoms with Gasteiger partial charge in [-0.25, -0.2) is 0 Å². The van der Waals surface area contributed by atoms with E-state index < -0.39 is 0 Å². The molecule has 18 heavy (non-hydrogen) atoms. The molecule has 1 rings (SSSR count). The maximum Gasteiger partial charge on any atom is 0.325 e. The minimum Gasteiger partial charge on any atom is -0.465 e. The average molecular weight is 255 g/mol. The van der Waals surface area contributed by atoms with Crippen LogP contribution in [0.25, 0.3) is 0 Å². The summed E-state index contributed by atoms with van der Waals surface area (Å²) in [5.74, 6) is 0.316. The van der Waals surface area contributed by atoms with Crippen molar-refractivity contribution in [3.05, 3.63) is 0 Å². The molecular formula is C14H25NO3. The molecule has 0 heterocycles. The Morgan fingerprint density at radius 1 is 1.33 bits per heavy atom. The minimum absolute atomic E-state index is 0.0368. The molecule has 1 aliphatic rings. The molecule has 1 saturated carbocycles. The maximum atomic E-state index is 12.5. The molecule has 4 heteroatoms. The second kappa shape index (κ2) is 6.76. The standard InChI is InChI=1S/C14H25NO3/c1-5-18-13(16)9-15(10(2)3)14(17)12-8-6-7-11(12)4/h10-12H,5-9H2,1-4H3. The van der Waals surface area contributed by atoms with E-state index in [0.29, 0.717) is 12.5 Å². The van der Waals surface area contributed by atoms with Crippen LogP contribution in [0.2, 0.25) is 0 Å². The molecule has 2 atom stereocenters. The Morgan fingerprint density at radius 3 is 2.44 bits per heavy atom. The Balaban J connectivity index is 2.66. The van der Waals surface area contributed by atoms with Crippen molar-refractivity contribution in [1.82, 2.24) is 4.90 Å². The third-order valence-corrected chi connectivity index (χ3v) is 3.69. The summed E-state index contributed by atoms with van der Waals surface area (Å²) in [7, 11) is 0. The third kappa shape index (κ3) is 3.72. The monoisotopic (exact) mass is 255 g/mol. The highest BCUT2D eigenvalue weighted by atomic mass is 16.5. The largest absolute Gasteiger partial charge is 0.465 e. The van der Waals surface area contributed by atoms with Crippen LogP contribution in [-0.2, 0) is 14.3 Å². The second-order valence-corrected chi connectivity index (χ2v) is 5.38. The Morgan fingerprint density at radius 2 is 2.00 bits per heavy atom. The van der Waals surface area contributed by atoms with Crippen molar-refractivity contribution in [2.45, 2.75) is 53.0 Å². The van der Waals surface area contributed by atoms with Crippen molar-refractivity contribution in [1.29, 1.82) is 0 Å². The molecule has 0 aromatic heterocycles. The number of carbonyl (C=O) groups is 2. The number of hydrogen-bond acceptors (Lipinski definition) is 3. The van der Waals surface area contributed by atoms with Gasteiger partial charge in [-0.05, 0) is 39.5 Å². The van der Waals surface area contributed by atoms with Gasteiger partial charge < -0.3 is 9.64 Å². The van der Waals surface area contributed by atoms with Crippen LogP contribution in [0.15, 0.2) is 0 Å². The zero-order valence-corrected chi connectivity index (χ0v) is 11.9. The molecule has 0 aromatic carbocycles. The average Bonchev–Trinajstić information content (AvgIpc) is 2.71. The zero-order chi connectivity index (χ0) is 13.7. The topological polar surface area (TPSA) is 46.6 Å². The summed E-state index contributed by atoms with van der Waals surface area (Å²) in [6.07, 6.45) is 3.18. The summed E-state index contributed by atoms with van der Waals surface area (Å²) in [6, 6.07) is 0.0368. The van der Waals surface area contributed by atoms with E-state index in [1.54, 1.807) is 11.8 Å². The molecule has 4 nitrogen and oxygen atoms in total. The van der Waals surface area contributed by atoms with Crippen LogP contribution >= 0.6 is 0 Å². The van der Waals surface area contributed by atoms with Gasteiger partial charge in [0.2, 0.25) is 5.91 Å². The van der Waals surface area contributed by atoms with E-state index in [0.717, 1.165) is 19.3 Å². The Kier molecular flexibility index (Phi) is 5.63. The SMILES string of the molecule is CCOC(=O)CN(C(=O)C1CCCC1C)C(C)C. The molecule has 104 valence electrons. The lowest BCUT2D eigenvalue weighted by molar-refractivity contribution is -0.152. The summed E-state index contributed by atoms with van der Waals surface area (Å²) in [5, 5.41) is 0. The van der Waals surface area contributed by atoms with Crippen LogP contribution < -0.4 is 0 Å². The van der Waals surface area contributed by atoms with E-state index in [4.69, 9.17) is 4.74 Å². The number of ether oxygens (including phenoxy) is 1. The van der Waals surface area contributed by atoms with Gasteiger partial charge in [0.15, 0.2) is 0 Å². The number of carbonyl (C=O) groups excluding carboxylic acids is 2. The van der Waals surface area contributed by atoms with E-state index in [9.17, 15) is 9.59 Å². The van der Waals surface area contributed by atoms with Gasteiger partial charge in [-0.2, -0.15) is 0 Å². The molecule has 0 N–H and O–H groups in total. The predicted octanol–water partition coefficient (Wildman–Crippen LogP) is 2.22. The number of amides is 1. The van der Waals surface area contributed by atoms with Crippen LogP contribution in [-0.4, -0.2) is 36.0 Å². The highest BCUT2D eigenvalue weighted by Gasteiger charge is 2.34. The molecule has 1 fully saturated rings. The summed E-state index contributed by atoms with van der Waals surface area (Å²) in [4.78, 5) is 25.7. The molecular weight excluding hydrogens is 230 g/mol. The van der Waals surface area contributed by atoms with Crippen LogP contribution in [0.5, 0.6) is 0 Å². The number of rotatable bonds is 5. The quantitative estimate of drug-likeness (QED) is 0.708. The molecule has 0 aromatic rings. The summed E-state index contributed by atoms with van der Waals surface area (Å²) >= 11 is 0. The molecule has 2 unspecified atom stereocenters.